The second-order valence-electron chi connectivity index (χ2n) is 8.17. The van der Waals surface area contributed by atoms with Gasteiger partial charge < -0.3 is 9.64 Å². The number of sulfonamides is 1. The van der Waals surface area contributed by atoms with Crippen molar-refractivity contribution in [2.75, 3.05) is 65.6 Å². The number of carbonyl (C=O) groups is 1. The van der Waals surface area contributed by atoms with Gasteiger partial charge in [-0.1, -0.05) is 18.6 Å². The van der Waals surface area contributed by atoms with Gasteiger partial charge in [0.15, 0.2) is 0 Å². The standard InChI is InChI=1S/C20H30N4O6S2/c25-20(18-6-2-3-7-19(18)31(26,27)22-8-4-1-5-9-22)21-10-12-23(13-11-21)32(28,29)24-14-16-30-17-15-24/h2-3,6-7H,1,4-5,8-17H2. The molecule has 0 atom stereocenters. The van der Waals surface area contributed by atoms with Crippen molar-refractivity contribution >= 4 is 26.1 Å². The molecule has 3 saturated heterocycles. The third-order valence-corrected chi connectivity index (χ3v) is 10.2. The fourth-order valence-electron chi connectivity index (χ4n) is 4.35. The van der Waals surface area contributed by atoms with E-state index in [4.69, 9.17) is 4.74 Å². The van der Waals surface area contributed by atoms with Crippen LogP contribution in [0, 0.1) is 0 Å². The van der Waals surface area contributed by atoms with Gasteiger partial charge in [-0.15, -0.1) is 0 Å². The minimum Gasteiger partial charge on any atom is -0.379 e. The molecule has 1 amide bonds. The molecule has 4 rings (SSSR count). The van der Waals surface area contributed by atoms with Crippen molar-refractivity contribution in [2.24, 2.45) is 0 Å². The number of piperazine rings is 1. The molecule has 3 aliphatic heterocycles. The van der Waals surface area contributed by atoms with E-state index >= 15 is 0 Å². The monoisotopic (exact) mass is 486 g/mol. The van der Waals surface area contributed by atoms with Crippen LogP contribution in [0.3, 0.4) is 0 Å². The van der Waals surface area contributed by atoms with Gasteiger partial charge in [0.25, 0.3) is 16.1 Å². The molecule has 1 aromatic carbocycles. The summed E-state index contributed by atoms with van der Waals surface area (Å²) in [7, 11) is -7.36. The molecule has 1 aromatic rings. The Labute approximate surface area is 189 Å². The Bertz CT molecular complexity index is 1030. The Hall–Kier alpha value is -1.57. The SMILES string of the molecule is O=C(c1ccccc1S(=O)(=O)N1CCCCC1)N1CCN(S(=O)(=O)N2CCOCC2)CC1. The molecule has 10 nitrogen and oxygen atoms in total. The Kier molecular flexibility index (Phi) is 7.18. The first-order chi connectivity index (χ1) is 15.3. The summed E-state index contributed by atoms with van der Waals surface area (Å²) in [6, 6.07) is 6.30. The predicted octanol–water partition coefficient (Wildman–Crippen LogP) is 0.196. The minimum absolute atomic E-state index is 0.0234. The molecule has 178 valence electrons. The Morgan fingerprint density at radius 2 is 1.31 bits per heavy atom. The minimum atomic E-state index is -3.76. The number of morpholine rings is 1. The molecule has 3 heterocycles. The maximum Gasteiger partial charge on any atom is 0.282 e. The molecule has 0 aromatic heterocycles. The summed E-state index contributed by atoms with van der Waals surface area (Å²) in [4.78, 5) is 14.8. The largest absolute Gasteiger partial charge is 0.379 e. The summed E-state index contributed by atoms with van der Waals surface area (Å²) in [5, 5.41) is 0. The molecule has 32 heavy (non-hydrogen) atoms. The van der Waals surface area contributed by atoms with Gasteiger partial charge in [-0.2, -0.15) is 21.3 Å². The lowest BCUT2D eigenvalue weighted by molar-refractivity contribution is 0.0634. The van der Waals surface area contributed by atoms with Gasteiger partial charge in [0, 0.05) is 52.4 Å². The molecular formula is C20H30N4O6S2. The lowest BCUT2D eigenvalue weighted by Crippen LogP contribution is -2.55. The summed E-state index contributed by atoms with van der Waals surface area (Å²) >= 11 is 0. The average molecular weight is 487 g/mol. The normalized spacial score (nSPS) is 22.7. The Morgan fingerprint density at radius 3 is 1.97 bits per heavy atom. The van der Waals surface area contributed by atoms with Crippen molar-refractivity contribution in [1.29, 1.82) is 0 Å². The lowest BCUT2D eigenvalue weighted by Gasteiger charge is -2.37. The van der Waals surface area contributed by atoms with Crippen LogP contribution in [0.25, 0.3) is 0 Å². The molecule has 0 N–H and O–H groups in total. The highest BCUT2D eigenvalue weighted by atomic mass is 32.2. The highest BCUT2D eigenvalue weighted by Crippen LogP contribution is 2.25. The second-order valence-corrected chi connectivity index (χ2v) is 12.0. The zero-order valence-electron chi connectivity index (χ0n) is 18.1. The summed E-state index contributed by atoms with van der Waals surface area (Å²) < 4.78 is 61.6. The maximum absolute atomic E-state index is 13.3. The van der Waals surface area contributed by atoms with Crippen LogP contribution in [0.1, 0.15) is 29.6 Å². The van der Waals surface area contributed by atoms with Crippen LogP contribution in [0.4, 0.5) is 0 Å². The third kappa shape index (κ3) is 4.70. The van der Waals surface area contributed by atoms with E-state index in [1.807, 2.05) is 0 Å². The number of rotatable bonds is 5. The van der Waals surface area contributed by atoms with E-state index in [1.54, 1.807) is 12.1 Å². The van der Waals surface area contributed by atoms with Crippen molar-refractivity contribution < 1.29 is 26.4 Å². The third-order valence-electron chi connectivity index (χ3n) is 6.20. The molecule has 0 aliphatic carbocycles. The van der Waals surface area contributed by atoms with Gasteiger partial charge >= 0.3 is 0 Å². The van der Waals surface area contributed by atoms with Crippen LogP contribution in [0.15, 0.2) is 29.2 Å². The zero-order chi connectivity index (χ0) is 22.8. The van der Waals surface area contributed by atoms with E-state index in [0.29, 0.717) is 39.4 Å². The van der Waals surface area contributed by atoms with Crippen LogP contribution >= 0.6 is 0 Å². The first kappa shape index (κ1) is 23.6. The topological polar surface area (TPSA) is 108 Å². The van der Waals surface area contributed by atoms with Gasteiger partial charge in [-0.05, 0) is 25.0 Å². The molecule has 12 heteroatoms. The maximum atomic E-state index is 13.3. The highest BCUT2D eigenvalue weighted by Gasteiger charge is 2.36. The fourth-order valence-corrected chi connectivity index (χ4v) is 7.61. The number of piperidine rings is 1. The number of benzene rings is 1. The lowest BCUT2D eigenvalue weighted by atomic mass is 10.2. The number of ether oxygens (including phenoxy) is 1. The summed E-state index contributed by atoms with van der Waals surface area (Å²) in [5.41, 5.74) is 0.141. The number of nitrogens with zero attached hydrogens (tertiary/aromatic N) is 4. The zero-order valence-corrected chi connectivity index (χ0v) is 19.7. The van der Waals surface area contributed by atoms with E-state index in [0.717, 1.165) is 19.3 Å². The van der Waals surface area contributed by atoms with Crippen molar-refractivity contribution in [1.82, 2.24) is 17.8 Å². The van der Waals surface area contributed by atoms with E-state index in [-0.39, 0.29) is 42.5 Å². The molecule has 0 bridgehead atoms. The number of amides is 1. The van der Waals surface area contributed by atoms with Crippen molar-refractivity contribution in [3.8, 4) is 0 Å². The van der Waals surface area contributed by atoms with Crippen LogP contribution in [-0.2, 0) is 25.0 Å². The first-order valence-corrected chi connectivity index (χ1v) is 13.9. The Morgan fingerprint density at radius 1 is 0.719 bits per heavy atom. The van der Waals surface area contributed by atoms with E-state index in [2.05, 4.69) is 0 Å². The van der Waals surface area contributed by atoms with E-state index in [1.165, 1.54) is 29.9 Å². The highest BCUT2D eigenvalue weighted by molar-refractivity contribution is 7.89. The molecule has 3 aliphatic rings. The summed E-state index contributed by atoms with van der Waals surface area (Å²) in [5.74, 6) is -0.385. The molecular weight excluding hydrogens is 456 g/mol. The number of carbonyl (C=O) groups excluding carboxylic acids is 1. The van der Waals surface area contributed by atoms with Crippen molar-refractivity contribution in [3.05, 3.63) is 29.8 Å². The molecule has 0 spiro atoms. The Balaban J connectivity index is 1.47. The number of hydrogen-bond donors (Lipinski definition) is 0. The summed E-state index contributed by atoms with van der Waals surface area (Å²) in [6.45, 7) is 3.08. The van der Waals surface area contributed by atoms with Crippen LogP contribution in [-0.4, -0.2) is 106 Å². The van der Waals surface area contributed by atoms with Gasteiger partial charge in [0.05, 0.1) is 23.7 Å². The molecule has 0 radical (unpaired) electrons. The van der Waals surface area contributed by atoms with Crippen LogP contribution < -0.4 is 0 Å². The van der Waals surface area contributed by atoms with Crippen molar-refractivity contribution in [2.45, 2.75) is 24.2 Å². The van der Waals surface area contributed by atoms with Gasteiger partial charge in [0.1, 0.15) is 0 Å². The van der Waals surface area contributed by atoms with Crippen molar-refractivity contribution in [3.63, 3.8) is 0 Å². The first-order valence-electron chi connectivity index (χ1n) is 11.0. The van der Waals surface area contributed by atoms with Crippen LogP contribution in [0.5, 0.6) is 0 Å². The fraction of sp³-hybridized carbons (Fsp3) is 0.650. The van der Waals surface area contributed by atoms with Gasteiger partial charge in [0.2, 0.25) is 10.0 Å². The van der Waals surface area contributed by atoms with Gasteiger partial charge in [-0.3, -0.25) is 4.79 Å². The average Bonchev–Trinajstić information content (AvgIpc) is 2.85. The van der Waals surface area contributed by atoms with E-state index < -0.39 is 20.2 Å². The molecule has 0 unspecified atom stereocenters. The number of hydrogen-bond acceptors (Lipinski definition) is 6. The molecule has 0 saturated carbocycles. The van der Waals surface area contributed by atoms with Gasteiger partial charge in [-0.25, -0.2) is 8.42 Å². The molecule has 3 fully saturated rings. The van der Waals surface area contributed by atoms with E-state index in [9.17, 15) is 21.6 Å². The quantitative estimate of drug-likeness (QED) is 0.588. The predicted molar refractivity (Wildman–Crippen MR) is 118 cm³/mol. The smallest absolute Gasteiger partial charge is 0.282 e. The summed E-state index contributed by atoms with van der Waals surface area (Å²) in [6.07, 6.45) is 2.63. The second kappa shape index (κ2) is 9.74. The van der Waals surface area contributed by atoms with Crippen LogP contribution in [0.2, 0.25) is 0 Å².